The molecular weight excluding hydrogens is 446 g/mol. The number of thiocarbonyl (C=S) groups is 1. The fourth-order valence-electron chi connectivity index (χ4n) is 3.77. The first-order valence-electron chi connectivity index (χ1n) is 9.60. The van der Waals surface area contributed by atoms with Gasteiger partial charge in [-0.2, -0.15) is 0 Å². The molecule has 3 aromatic rings. The minimum absolute atomic E-state index is 0.00772. The summed E-state index contributed by atoms with van der Waals surface area (Å²) in [5.74, 6) is 0. The van der Waals surface area contributed by atoms with E-state index in [1.54, 1.807) is 0 Å². The number of hydrogen-bond donors (Lipinski definition) is 1. The summed E-state index contributed by atoms with van der Waals surface area (Å²) in [5.41, 5.74) is 3.29. The largest absolute Gasteiger partial charge is 0.352 e. The maximum Gasteiger partial charge on any atom is 0.170 e. The van der Waals surface area contributed by atoms with Gasteiger partial charge in [0.15, 0.2) is 5.11 Å². The highest BCUT2D eigenvalue weighted by Gasteiger charge is 2.41. The normalized spacial score (nSPS) is 19.0. The topological polar surface area (TPSA) is 36.3 Å². The van der Waals surface area contributed by atoms with Crippen LogP contribution in [0.1, 0.15) is 23.5 Å². The van der Waals surface area contributed by atoms with E-state index >= 15 is 0 Å². The van der Waals surface area contributed by atoms with Crippen molar-refractivity contribution in [2.45, 2.75) is 12.1 Å². The maximum absolute atomic E-state index is 5.75. The highest BCUT2D eigenvalue weighted by atomic mass is 79.9. The zero-order chi connectivity index (χ0) is 20.4. The van der Waals surface area contributed by atoms with Crippen LogP contribution in [0, 0.1) is 0 Å². The zero-order valence-corrected chi connectivity index (χ0v) is 18.9. The molecular formula is C22H24BrN5S. The fourth-order valence-corrected chi connectivity index (χ4v) is 4.49. The first-order chi connectivity index (χ1) is 14.0. The highest BCUT2D eigenvalue weighted by Crippen LogP contribution is 2.39. The minimum atomic E-state index is -0.00772. The molecule has 1 N–H and O–H groups in total. The van der Waals surface area contributed by atoms with Gasteiger partial charge in [0.05, 0.1) is 17.8 Å². The number of aromatic nitrogens is 2. The van der Waals surface area contributed by atoms with Gasteiger partial charge in [0.25, 0.3) is 0 Å². The summed E-state index contributed by atoms with van der Waals surface area (Å²) in [7, 11) is 4.17. The van der Waals surface area contributed by atoms with Gasteiger partial charge in [0, 0.05) is 41.3 Å². The molecule has 1 aliphatic heterocycles. The average molecular weight is 470 g/mol. The Morgan fingerprint density at radius 2 is 2.00 bits per heavy atom. The van der Waals surface area contributed by atoms with Gasteiger partial charge in [-0.1, -0.05) is 28.1 Å². The second-order valence-corrected chi connectivity index (χ2v) is 8.71. The van der Waals surface area contributed by atoms with Gasteiger partial charge in [-0.3, -0.25) is 4.98 Å². The Labute approximate surface area is 185 Å². The summed E-state index contributed by atoms with van der Waals surface area (Å²) in [4.78, 5) is 9.10. The monoisotopic (exact) mass is 469 g/mol. The molecule has 150 valence electrons. The maximum atomic E-state index is 5.75. The van der Waals surface area contributed by atoms with Gasteiger partial charge in [0.2, 0.25) is 0 Å². The van der Waals surface area contributed by atoms with Crippen molar-refractivity contribution in [2.75, 3.05) is 27.2 Å². The molecule has 0 radical (unpaired) electrons. The van der Waals surface area contributed by atoms with Crippen molar-refractivity contribution in [3.63, 3.8) is 0 Å². The second-order valence-electron chi connectivity index (χ2n) is 7.41. The van der Waals surface area contributed by atoms with Gasteiger partial charge >= 0.3 is 0 Å². The molecule has 1 aromatic carbocycles. The lowest BCUT2D eigenvalue weighted by Crippen LogP contribution is -2.36. The van der Waals surface area contributed by atoms with Crippen molar-refractivity contribution in [1.82, 2.24) is 24.7 Å². The zero-order valence-electron chi connectivity index (χ0n) is 16.5. The number of pyridine rings is 1. The Morgan fingerprint density at radius 1 is 1.14 bits per heavy atom. The molecule has 5 nitrogen and oxygen atoms in total. The van der Waals surface area contributed by atoms with Crippen molar-refractivity contribution < 1.29 is 0 Å². The van der Waals surface area contributed by atoms with Crippen molar-refractivity contribution in [1.29, 1.82) is 0 Å². The first kappa shape index (κ1) is 20.1. The Morgan fingerprint density at radius 3 is 2.72 bits per heavy atom. The number of nitrogens with one attached hydrogen (secondary N) is 1. The molecule has 7 heteroatoms. The average Bonchev–Trinajstić information content (AvgIpc) is 3.31. The van der Waals surface area contributed by atoms with Crippen LogP contribution >= 0.6 is 28.1 Å². The molecule has 2 atom stereocenters. The molecule has 3 heterocycles. The Kier molecular flexibility index (Phi) is 5.99. The van der Waals surface area contributed by atoms with E-state index in [0.29, 0.717) is 0 Å². The number of likely N-dealkylation sites (N-methyl/N-ethyl adjacent to an activating group) is 1. The van der Waals surface area contributed by atoms with Crippen LogP contribution in [0.3, 0.4) is 0 Å². The standard InChI is InChI=1S/C22H24BrN5S/c1-26(2)13-14-28-21(20(25-22(28)29)18-9-3-4-11-24-18)19-10-6-12-27(19)17-8-5-7-16(23)15-17/h3-12,15,20-21H,13-14H2,1-2H3,(H,25,29)/t20-,21-/m0/s1. The van der Waals surface area contributed by atoms with Crippen LogP contribution in [0.5, 0.6) is 0 Å². The van der Waals surface area contributed by atoms with E-state index < -0.39 is 0 Å². The lowest BCUT2D eigenvalue weighted by molar-refractivity contribution is 0.272. The van der Waals surface area contributed by atoms with Crippen LogP contribution in [-0.2, 0) is 0 Å². The molecule has 0 amide bonds. The van der Waals surface area contributed by atoms with E-state index in [2.05, 4.69) is 97.3 Å². The fraction of sp³-hybridized carbons (Fsp3) is 0.273. The van der Waals surface area contributed by atoms with Gasteiger partial charge < -0.3 is 19.7 Å². The molecule has 0 saturated carbocycles. The van der Waals surface area contributed by atoms with Crippen molar-refractivity contribution in [2.24, 2.45) is 0 Å². The second kappa shape index (κ2) is 8.65. The predicted octanol–water partition coefficient (Wildman–Crippen LogP) is 4.17. The van der Waals surface area contributed by atoms with Gasteiger partial charge in [-0.15, -0.1) is 0 Å². The number of benzene rings is 1. The van der Waals surface area contributed by atoms with Crippen LogP contribution in [-0.4, -0.2) is 51.6 Å². The molecule has 2 aromatic heterocycles. The van der Waals surface area contributed by atoms with Gasteiger partial charge in [-0.05, 0) is 68.8 Å². The van der Waals surface area contributed by atoms with Crippen molar-refractivity contribution in [3.8, 4) is 5.69 Å². The summed E-state index contributed by atoms with van der Waals surface area (Å²) < 4.78 is 3.30. The molecule has 0 bridgehead atoms. The van der Waals surface area contributed by atoms with E-state index in [1.165, 1.54) is 5.69 Å². The van der Waals surface area contributed by atoms with E-state index in [-0.39, 0.29) is 12.1 Å². The van der Waals surface area contributed by atoms with Crippen LogP contribution in [0.15, 0.2) is 71.5 Å². The first-order valence-corrected chi connectivity index (χ1v) is 10.8. The third kappa shape index (κ3) is 4.22. The van der Waals surface area contributed by atoms with E-state index in [4.69, 9.17) is 12.2 Å². The van der Waals surface area contributed by atoms with Gasteiger partial charge in [0.1, 0.15) is 0 Å². The quantitative estimate of drug-likeness (QED) is 0.548. The van der Waals surface area contributed by atoms with E-state index in [0.717, 1.165) is 34.1 Å². The Hall–Kier alpha value is -2.22. The molecule has 0 unspecified atom stereocenters. The van der Waals surface area contributed by atoms with Crippen LogP contribution in [0.4, 0.5) is 0 Å². The van der Waals surface area contributed by atoms with Crippen LogP contribution in [0.2, 0.25) is 0 Å². The van der Waals surface area contributed by atoms with E-state index in [1.807, 2.05) is 24.4 Å². The Bertz CT molecular complexity index is 988. The van der Waals surface area contributed by atoms with Gasteiger partial charge in [-0.25, -0.2) is 0 Å². The molecule has 1 aliphatic rings. The van der Waals surface area contributed by atoms with Crippen LogP contribution in [0.25, 0.3) is 5.69 Å². The third-order valence-electron chi connectivity index (χ3n) is 5.16. The highest BCUT2D eigenvalue weighted by molar-refractivity contribution is 9.10. The summed E-state index contributed by atoms with van der Waals surface area (Å²) in [5, 5.41) is 4.30. The van der Waals surface area contributed by atoms with E-state index in [9.17, 15) is 0 Å². The minimum Gasteiger partial charge on any atom is -0.352 e. The molecule has 29 heavy (non-hydrogen) atoms. The molecule has 1 saturated heterocycles. The summed E-state index contributed by atoms with van der Waals surface area (Å²) in [6.45, 7) is 1.77. The third-order valence-corrected chi connectivity index (χ3v) is 6.00. The van der Waals surface area contributed by atoms with Crippen LogP contribution < -0.4 is 5.32 Å². The SMILES string of the molecule is CN(C)CCN1C(=S)N[C@@H](c2ccccn2)[C@@H]1c1cccn1-c1cccc(Br)c1. The number of nitrogens with zero attached hydrogens (tertiary/aromatic N) is 4. The smallest absolute Gasteiger partial charge is 0.170 e. The summed E-state index contributed by atoms with van der Waals surface area (Å²) in [6.07, 6.45) is 3.95. The molecule has 0 spiro atoms. The lowest BCUT2D eigenvalue weighted by atomic mass is 10.0. The molecule has 4 rings (SSSR count). The van der Waals surface area contributed by atoms with Crippen molar-refractivity contribution >= 4 is 33.3 Å². The molecule has 0 aliphatic carbocycles. The lowest BCUT2D eigenvalue weighted by Gasteiger charge is -2.29. The number of hydrogen-bond acceptors (Lipinski definition) is 3. The number of halogens is 1. The predicted molar refractivity (Wildman–Crippen MR) is 124 cm³/mol. The number of rotatable bonds is 6. The summed E-state index contributed by atoms with van der Waals surface area (Å²) in [6, 6.07) is 18.7. The summed E-state index contributed by atoms with van der Waals surface area (Å²) >= 11 is 9.35. The molecule has 1 fully saturated rings. The van der Waals surface area contributed by atoms with Crippen molar-refractivity contribution in [3.05, 3.63) is 82.9 Å². The Balaban J connectivity index is 1.78.